The molecule has 0 saturated carbocycles. The minimum absolute atomic E-state index is 1.43. The normalized spacial score (nSPS) is 11.5. The van der Waals surface area contributed by atoms with Crippen molar-refractivity contribution in [1.82, 2.24) is 0 Å². The molecule has 0 atom stereocenters. The van der Waals surface area contributed by atoms with Gasteiger partial charge in [-0.3, -0.25) is 0 Å². The fraction of sp³-hybridized carbons (Fsp3) is 0.333. The zero-order chi connectivity index (χ0) is 8.32. The molecule has 0 bridgehead atoms. The van der Waals surface area contributed by atoms with Gasteiger partial charge in [0.1, 0.15) is 0 Å². The summed E-state index contributed by atoms with van der Waals surface area (Å²) in [4.78, 5) is 1.43. The Bertz CT molecular complexity index is 213. The third-order valence-corrected chi connectivity index (χ3v) is 7.63. The summed E-state index contributed by atoms with van der Waals surface area (Å²) >= 11 is -1.44. The molecule has 0 spiro atoms. The van der Waals surface area contributed by atoms with Crippen molar-refractivity contribution in [2.45, 2.75) is 22.2 Å². The van der Waals surface area contributed by atoms with Crippen LogP contribution in [0.15, 0.2) is 35.2 Å². The Morgan fingerprint density at radius 3 is 2.00 bits per heavy atom. The standard InChI is InChI=1S/C9H14GeS/c1-10(2,3)11-9-7-5-4-6-8-9/h4-8H,1-3H3. The van der Waals surface area contributed by atoms with Gasteiger partial charge in [0, 0.05) is 0 Å². The van der Waals surface area contributed by atoms with Crippen LogP contribution < -0.4 is 0 Å². The maximum absolute atomic E-state index is 2.41. The van der Waals surface area contributed by atoms with Crippen LogP contribution in [0.2, 0.25) is 17.3 Å². The molecule has 60 valence electrons. The average molecular weight is 227 g/mol. The Kier molecular flexibility index (Phi) is 3.08. The predicted molar refractivity (Wildman–Crippen MR) is 55.6 cm³/mol. The van der Waals surface area contributed by atoms with Gasteiger partial charge in [-0.25, -0.2) is 0 Å². The van der Waals surface area contributed by atoms with E-state index in [1.165, 1.54) is 4.90 Å². The molecule has 1 rings (SSSR count). The summed E-state index contributed by atoms with van der Waals surface area (Å²) in [5.74, 6) is 7.24. The molecule has 0 aromatic heterocycles. The topological polar surface area (TPSA) is 0 Å². The van der Waals surface area contributed by atoms with Gasteiger partial charge in [-0.15, -0.1) is 0 Å². The van der Waals surface area contributed by atoms with Crippen molar-refractivity contribution in [1.29, 1.82) is 0 Å². The van der Waals surface area contributed by atoms with Crippen molar-refractivity contribution in [3.05, 3.63) is 30.3 Å². The van der Waals surface area contributed by atoms with Gasteiger partial charge >= 0.3 is 74.7 Å². The van der Waals surface area contributed by atoms with Crippen LogP contribution in [0.5, 0.6) is 0 Å². The summed E-state index contributed by atoms with van der Waals surface area (Å²) in [5.41, 5.74) is 0. The number of benzene rings is 1. The van der Waals surface area contributed by atoms with Gasteiger partial charge in [0.25, 0.3) is 0 Å². The van der Waals surface area contributed by atoms with Gasteiger partial charge in [-0.2, -0.15) is 0 Å². The van der Waals surface area contributed by atoms with E-state index < -0.39 is 12.1 Å². The van der Waals surface area contributed by atoms with Crippen LogP contribution in [0.3, 0.4) is 0 Å². The van der Waals surface area contributed by atoms with Gasteiger partial charge in [0.2, 0.25) is 0 Å². The number of rotatable bonds is 2. The Hall–Kier alpha value is 0.113. The fourth-order valence-electron chi connectivity index (χ4n) is 0.842. The Morgan fingerprint density at radius 2 is 1.55 bits per heavy atom. The van der Waals surface area contributed by atoms with Crippen LogP contribution in [0.4, 0.5) is 0 Å². The molecule has 2 heteroatoms. The van der Waals surface area contributed by atoms with Crippen LogP contribution in [0.1, 0.15) is 0 Å². The van der Waals surface area contributed by atoms with Gasteiger partial charge in [-0.1, -0.05) is 0 Å². The molecule has 0 amide bonds. The molecular formula is C9H14GeS. The second kappa shape index (κ2) is 3.68. The van der Waals surface area contributed by atoms with Crippen LogP contribution in [-0.2, 0) is 0 Å². The molecule has 0 nitrogen and oxygen atoms in total. The van der Waals surface area contributed by atoms with E-state index in [2.05, 4.69) is 57.7 Å². The summed E-state index contributed by atoms with van der Waals surface area (Å²) in [6, 6.07) is 10.7. The van der Waals surface area contributed by atoms with Crippen molar-refractivity contribution in [3.8, 4) is 0 Å². The van der Waals surface area contributed by atoms with Crippen LogP contribution in [0.25, 0.3) is 0 Å². The zero-order valence-electron chi connectivity index (χ0n) is 7.29. The second-order valence-electron chi connectivity index (χ2n) is 3.53. The predicted octanol–water partition coefficient (Wildman–Crippen LogP) is 3.61. The molecule has 0 N–H and O–H groups in total. The monoisotopic (exact) mass is 228 g/mol. The average Bonchev–Trinajstić information content (AvgIpc) is 1.85. The first kappa shape index (κ1) is 9.20. The van der Waals surface area contributed by atoms with Crippen molar-refractivity contribution in [2.75, 3.05) is 0 Å². The number of hydrogen-bond donors (Lipinski definition) is 0. The molecule has 0 aliphatic heterocycles. The summed E-state index contributed by atoms with van der Waals surface area (Å²) < 4.78 is 0. The summed E-state index contributed by atoms with van der Waals surface area (Å²) in [5, 5.41) is 0. The van der Waals surface area contributed by atoms with Crippen LogP contribution in [0, 0.1) is 0 Å². The van der Waals surface area contributed by atoms with Crippen molar-refractivity contribution in [2.24, 2.45) is 0 Å². The molecule has 0 fully saturated rings. The first-order chi connectivity index (χ1) is 5.08. The second-order valence-corrected chi connectivity index (χ2v) is 20.7. The molecule has 0 aliphatic carbocycles. The van der Waals surface area contributed by atoms with Crippen molar-refractivity contribution < 1.29 is 0 Å². The van der Waals surface area contributed by atoms with Crippen LogP contribution in [-0.4, -0.2) is 12.1 Å². The van der Waals surface area contributed by atoms with E-state index in [-0.39, 0.29) is 0 Å². The summed E-state index contributed by atoms with van der Waals surface area (Å²) in [6.45, 7) is 0. The summed E-state index contributed by atoms with van der Waals surface area (Å²) in [6.07, 6.45) is 0. The molecule has 1 aromatic carbocycles. The van der Waals surface area contributed by atoms with Gasteiger partial charge in [0.15, 0.2) is 0 Å². The molecular weight excluding hydrogens is 213 g/mol. The molecule has 0 saturated heterocycles. The molecule has 1 aromatic rings. The van der Waals surface area contributed by atoms with Crippen molar-refractivity contribution in [3.63, 3.8) is 0 Å². The van der Waals surface area contributed by atoms with Gasteiger partial charge in [0.05, 0.1) is 0 Å². The van der Waals surface area contributed by atoms with E-state index >= 15 is 0 Å². The van der Waals surface area contributed by atoms with E-state index in [0.29, 0.717) is 0 Å². The zero-order valence-corrected chi connectivity index (χ0v) is 10.2. The quantitative estimate of drug-likeness (QED) is 0.695. The first-order valence-electron chi connectivity index (χ1n) is 3.82. The number of hydrogen-bond acceptors (Lipinski definition) is 1. The fourth-order valence-corrected chi connectivity index (χ4v) is 7.15. The molecule has 0 radical (unpaired) electrons. The SMILES string of the molecule is [CH3][Ge]([CH3])([CH3])[S]c1ccccc1. The Morgan fingerprint density at radius 1 is 1.00 bits per heavy atom. The molecule has 0 unspecified atom stereocenters. The van der Waals surface area contributed by atoms with E-state index in [0.717, 1.165) is 0 Å². The van der Waals surface area contributed by atoms with E-state index in [1.807, 2.05) is 0 Å². The first-order valence-corrected chi connectivity index (χ1v) is 13.5. The molecule has 0 aliphatic rings. The molecule has 11 heavy (non-hydrogen) atoms. The summed E-state index contributed by atoms with van der Waals surface area (Å²) in [7, 11) is 2.09. The third-order valence-electron chi connectivity index (χ3n) is 1.17. The van der Waals surface area contributed by atoms with Crippen molar-refractivity contribution >= 4 is 22.2 Å². The van der Waals surface area contributed by atoms with E-state index in [1.54, 1.807) is 0 Å². The maximum atomic E-state index is 2.41. The van der Waals surface area contributed by atoms with Crippen LogP contribution >= 0.6 is 10.1 Å². The minimum atomic E-state index is -1.44. The van der Waals surface area contributed by atoms with E-state index in [4.69, 9.17) is 0 Å². The Labute approximate surface area is 74.8 Å². The molecule has 0 heterocycles. The van der Waals surface area contributed by atoms with Gasteiger partial charge < -0.3 is 0 Å². The van der Waals surface area contributed by atoms with E-state index in [9.17, 15) is 0 Å². The third kappa shape index (κ3) is 3.87. The Balaban J connectivity index is 2.66. The van der Waals surface area contributed by atoms with Gasteiger partial charge in [-0.05, 0) is 0 Å².